The fraction of sp³-hybridized carbons (Fsp3) is 0.933. The summed E-state index contributed by atoms with van der Waals surface area (Å²) in [6, 6.07) is 0.848. The van der Waals surface area contributed by atoms with Gasteiger partial charge < -0.3 is 13.3 Å². The van der Waals surface area contributed by atoms with E-state index in [0.717, 1.165) is 25.4 Å². The lowest BCUT2D eigenvalue weighted by Crippen LogP contribution is -2.46. The Morgan fingerprint density at radius 3 is 1.90 bits per heavy atom. The number of rotatable bonds is 12. The van der Waals surface area contributed by atoms with Crippen molar-refractivity contribution in [2.45, 2.75) is 60.4 Å². The average Bonchev–Trinajstić information content (AvgIpc) is 2.35. The lowest BCUT2D eigenvalue weighted by molar-refractivity contribution is 0.0710. The number of nitrogens with zero attached hydrogens (tertiary/aromatic N) is 1. The zero-order chi connectivity index (χ0) is 15.4. The van der Waals surface area contributed by atoms with Crippen molar-refractivity contribution >= 4 is 14.5 Å². The van der Waals surface area contributed by atoms with Crippen molar-refractivity contribution in [2.24, 2.45) is 10.9 Å². The summed E-state index contributed by atoms with van der Waals surface area (Å²) in [4.78, 5) is 4.62. The van der Waals surface area contributed by atoms with E-state index >= 15 is 0 Å². The van der Waals surface area contributed by atoms with Crippen LogP contribution in [0.1, 0.15) is 54.4 Å². The predicted octanol–water partition coefficient (Wildman–Crippen LogP) is 3.93. The molecule has 0 saturated carbocycles. The van der Waals surface area contributed by atoms with Gasteiger partial charge in [0.2, 0.25) is 0 Å². The first kappa shape index (κ1) is 19.8. The second kappa shape index (κ2) is 11.4. The van der Waals surface area contributed by atoms with Crippen LogP contribution in [0.3, 0.4) is 0 Å². The van der Waals surface area contributed by atoms with Crippen LogP contribution >= 0.6 is 0 Å². The number of hydrogen-bond acceptors (Lipinski definition) is 4. The fourth-order valence-corrected chi connectivity index (χ4v) is 4.82. The molecule has 0 aromatic rings. The topological polar surface area (TPSA) is 40.0 Å². The summed E-state index contributed by atoms with van der Waals surface area (Å²) < 4.78 is 17.5. The van der Waals surface area contributed by atoms with Crippen molar-refractivity contribution < 1.29 is 13.3 Å². The van der Waals surface area contributed by atoms with E-state index in [1.807, 2.05) is 20.8 Å². The quantitative estimate of drug-likeness (QED) is 0.311. The Hall–Kier alpha value is -0.233. The molecule has 0 atom stereocenters. The maximum absolute atomic E-state index is 5.83. The Balaban J connectivity index is 4.31. The van der Waals surface area contributed by atoms with Gasteiger partial charge in [0.25, 0.3) is 0 Å². The van der Waals surface area contributed by atoms with Crippen molar-refractivity contribution in [3.05, 3.63) is 0 Å². The Kier molecular flexibility index (Phi) is 11.3. The predicted molar refractivity (Wildman–Crippen MR) is 87.5 cm³/mol. The summed E-state index contributed by atoms with van der Waals surface area (Å²) in [5.74, 6) is 0.669. The van der Waals surface area contributed by atoms with Crippen molar-refractivity contribution in [2.75, 3.05) is 26.4 Å². The SMILES string of the molecule is CCO[Si](CCCN=C(C)CC(C)C)(OCC)OCC. The normalized spacial score (nSPS) is 13.2. The molecule has 20 heavy (non-hydrogen) atoms. The first-order valence-corrected chi connectivity index (χ1v) is 9.84. The zero-order valence-corrected chi connectivity index (χ0v) is 15.2. The molecule has 4 nitrogen and oxygen atoms in total. The monoisotopic (exact) mass is 303 g/mol. The summed E-state index contributed by atoms with van der Waals surface area (Å²) in [5, 5.41) is 0. The summed E-state index contributed by atoms with van der Waals surface area (Å²) in [5.41, 5.74) is 1.23. The largest absolute Gasteiger partial charge is 0.500 e. The van der Waals surface area contributed by atoms with Crippen molar-refractivity contribution in [1.82, 2.24) is 0 Å². The molecule has 0 aliphatic heterocycles. The molecule has 0 rings (SSSR count). The van der Waals surface area contributed by atoms with Gasteiger partial charge in [0.05, 0.1) is 0 Å². The molecule has 0 aliphatic carbocycles. The molecule has 5 heteroatoms. The van der Waals surface area contributed by atoms with Gasteiger partial charge in [-0.1, -0.05) is 13.8 Å². The van der Waals surface area contributed by atoms with E-state index in [0.29, 0.717) is 25.7 Å². The summed E-state index contributed by atoms with van der Waals surface area (Å²) >= 11 is 0. The molecule has 0 fully saturated rings. The van der Waals surface area contributed by atoms with Crippen LogP contribution in [0.5, 0.6) is 0 Å². The van der Waals surface area contributed by atoms with Gasteiger partial charge in [0.1, 0.15) is 0 Å². The third kappa shape index (κ3) is 8.84. The van der Waals surface area contributed by atoms with Gasteiger partial charge >= 0.3 is 8.80 Å². The minimum atomic E-state index is -2.47. The Morgan fingerprint density at radius 2 is 1.50 bits per heavy atom. The molecule has 0 spiro atoms. The second-order valence-corrected chi connectivity index (χ2v) is 8.03. The van der Waals surface area contributed by atoms with E-state index in [9.17, 15) is 0 Å². The smallest absolute Gasteiger partial charge is 0.374 e. The van der Waals surface area contributed by atoms with Crippen LogP contribution in [0.25, 0.3) is 0 Å². The molecule has 0 aliphatic rings. The van der Waals surface area contributed by atoms with E-state index in [1.165, 1.54) is 5.71 Å². The van der Waals surface area contributed by atoms with Crippen molar-refractivity contribution in [1.29, 1.82) is 0 Å². The molecule has 0 unspecified atom stereocenters. The van der Waals surface area contributed by atoms with Gasteiger partial charge in [0.15, 0.2) is 0 Å². The third-order valence-corrected chi connectivity index (χ3v) is 5.97. The molecule has 120 valence electrons. The van der Waals surface area contributed by atoms with E-state index in [1.54, 1.807) is 0 Å². The fourth-order valence-electron chi connectivity index (χ4n) is 2.22. The van der Waals surface area contributed by atoms with Gasteiger partial charge in [0, 0.05) is 38.1 Å². The van der Waals surface area contributed by atoms with Crippen LogP contribution in [0.15, 0.2) is 4.99 Å². The number of hydrogen-bond donors (Lipinski definition) is 0. The third-order valence-electron chi connectivity index (χ3n) is 2.82. The van der Waals surface area contributed by atoms with Gasteiger partial charge in [-0.2, -0.15) is 0 Å². The molecule has 0 aromatic heterocycles. The summed E-state index contributed by atoms with van der Waals surface area (Å²) in [6.45, 7) is 15.3. The Labute approximate surface area is 126 Å². The second-order valence-electron chi connectivity index (χ2n) is 5.30. The van der Waals surface area contributed by atoms with Crippen molar-refractivity contribution in [3.63, 3.8) is 0 Å². The van der Waals surface area contributed by atoms with Crippen LogP contribution in [0.4, 0.5) is 0 Å². The molecule has 0 heterocycles. The minimum Gasteiger partial charge on any atom is -0.374 e. The molecule has 0 radical (unpaired) electrons. The van der Waals surface area contributed by atoms with Crippen LogP contribution < -0.4 is 0 Å². The molecule has 0 saturated heterocycles. The number of aliphatic imine (C=N–C) groups is 1. The van der Waals surface area contributed by atoms with E-state index in [2.05, 4.69) is 25.8 Å². The first-order valence-electron chi connectivity index (χ1n) is 7.91. The van der Waals surface area contributed by atoms with Gasteiger partial charge in [-0.25, -0.2) is 0 Å². The van der Waals surface area contributed by atoms with Crippen LogP contribution in [-0.2, 0) is 13.3 Å². The summed E-state index contributed by atoms with van der Waals surface area (Å²) in [7, 11) is -2.47. The van der Waals surface area contributed by atoms with Crippen LogP contribution in [0.2, 0.25) is 6.04 Å². The van der Waals surface area contributed by atoms with Crippen molar-refractivity contribution in [3.8, 4) is 0 Å². The lowest BCUT2D eigenvalue weighted by atomic mass is 10.1. The molecular weight excluding hydrogens is 270 g/mol. The van der Waals surface area contributed by atoms with E-state index in [4.69, 9.17) is 13.3 Å². The molecule has 0 amide bonds. The maximum Gasteiger partial charge on any atom is 0.500 e. The highest BCUT2D eigenvalue weighted by Gasteiger charge is 2.39. The minimum absolute atomic E-state index is 0.641. The Bertz CT molecular complexity index is 253. The molecule has 0 N–H and O–H groups in total. The zero-order valence-electron chi connectivity index (χ0n) is 14.2. The Morgan fingerprint density at radius 1 is 1.00 bits per heavy atom. The van der Waals surface area contributed by atoms with E-state index < -0.39 is 8.80 Å². The average molecular weight is 304 g/mol. The summed E-state index contributed by atoms with van der Waals surface area (Å²) in [6.07, 6.45) is 2.03. The van der Waals surface area contributed by atoms with Gasteiger partial charge in [-0.05, 0) is 46.5 Å². The molecule has 0 bridgehead atoms. The standard InChI is InChI=1S/C15H33NO3Si/c1-7-17-20(18-8-2,19-9-3)12-10-11-16-15(6)13-14(4)5/h14H,7-13H2,1-6H3. The molecular formula is C15H33NO3Si. The lowest BCUT2D eigenvalue weighted by Gasteiger charge is -2.28. The van der Waals surface area contributed by atoms with Crippen LogP contribution in [-0.4, -0.2) is 40.9 Å². The molecule has 0 aromatic carbocycles. The first-order chi connectivity index (χ1) is 9.49. The van der Waals surface area contributed by atoms with Gasteiger partial charge in [-0.15, -0.1) is 0 Å². The highest BCUT2D eigenvalue weighted by molar-refractivity contribution is 6.60. The van der Waals surface area contributed by atoms with Gasteiger partial charge in [-0.3, -0.25) is 4.99 Å². The highest BCUT2D eigenvalue weighted by atomic mass is 28.4. The van der Waals surface area contributed by atoms with E-state index in [-0.39, 0.29) is 0 Å². The maximum atomic E-state index is 5.83. The highest BCUT2D eigenvalue weighted by Crippen LogP contribution is 2.18. The van der Waals surface area contributed by atoms with Crippen LogP contribution in [0, 0.1) is 5.92 Å².